The zero-order chi connectivity index (χ0) is 27.2. The Balaban J connectivity index is 1.47. The zero-order valence-electron chi connectivity index (χ0n) is 22.3. The Morgan fingerprint density at radius 2 is 1.87 bits per heavy atom. The van der Waals surface area contributed by atoms with Gasteiger partial charge < -0.3 is 14.7 Å². The quantitative estimate of drug-likeness (QED) is 0.535. The fraction of sp³-hybridized carbons (Fsp3) is 0.593. The lowest BCUT2D eigenvalue weighted by Crippen LogP contribution is -2.50. The van der Waals surface area contributed by atoms with Crippen LogP contribution in [0, 0.1) is 24.2 Å². The lowest BCUT2D eigenvalue weighted by Gasteiger charge is -2.37. The fourth-order valence-corrected chi connectivity index (χ4v) is 6.91. The van der Waals surface area contributed by atoms with Crippen LogP contribution in [0.4, 0.5) is 5.69 Å². The lowest BCUT2D eigenvalue weighted by atomic mass is 10.1. The van der Waals surface area contributed by atoms with Gasteiger partial charge in [-0.05, 0) is 50.2 Å². The normalized spacial score (nSPS) is 21.2. The monoisotopic (exact) mass is 540 g/mol. The van der Waals surface area contributed by atoms with Crippen molar-refractivity contribution in [3.8, 4) is 12.3 Å². The van der Waals surface area contributed by atoms with Gasteiger partial charge in [-0.2, -0.15) is 5.10 Å². The topological polar surface area (TPSA) is 108 Å². The summed E-state index contributed by atoms with van der Waals surface area (Å²) in [7, 11) is -3.75. The minimum absolute atomic E-state index is 0.0581. The molecule has 1 atom stereocenters. The number of aromatic nitrogens is 2. The van der Waals surface area contributed by atoms with Gasteiger partial charge in [0.25, 0.3) is 5.91 Å². The van der Waals surface area contributed by atoms with Crippen molar-refractivity contribution in [2.75, 3.05) is 44.2 Å². The molecule has 2 saturated heterocycles. The maximum Gasteiger partial charge on any atom is 0.298 e. The molecule has 204 valence electrons. The lowest BCUT2D eigenvalue weighted by molar-refractivity contribution is -0.134. The number of hydrogen-bond donors (Lipinski definition) is 1. The molecule has 3 heterocycles. The highest BCUT2D eigenvalue weighted by Gasteiger charge is 2.41. The first-order chi connectivity index (χ1) is 18.0. The van der Waals surface area contributed by atoms with E-state index in [0.717, 1.165) is 35.9 Å². The Labute approximate surface area is 224 Å². The Morgan fingerprint density at radius 1 is 1.16 bits per heavy atom. The summed E-state index contributed by atoms with van der Waals surface area (Å²) in [6.45, 7) is 9.84. The Hall–Kier alpha value is -3.10. The highest BCUT2D eigenvalue weighted by Crippen LogP contribution is 2.38. The summed E-state index contributed by atoms with van der Waals surface area (Å²) in [5, 5.41) is 5.52. The van der Waals surface area contributed by atoms with Crippen LogP contribution < -0.4 is 9.62 Å². The van der Waals surface area contributed by atoms with Crippen molar-refractivity contribution < 1.29 is 18.0 Å². The smallest absolute Gasteiger partial charge is 0.298 e. The number of nitrogens with one attached hydrogen (secondary N) is 1. The van der Waals surface area contributed by atoms with Gasteiger partial charge in [0.1, 0.15) is 0 Å². The maximum absolute atomic E-state index is 13.4. The largest absolute Gasteiger partial charge is 0.367 e. The van der Waals surface area contributed by atoms with Gasteiger partial charge in [-0.1, -0.05) is 13.8 Å². The molecule has 10 nitrogen and oxygen atoms in total. The molecule has 2 aromatic rings. The van der Waals surface area contributed by atoms with Gasteiger partial charge in [0, 0.05) is 68.3 Å². The molecule has 1 unspecified atom stereocenters. The van der Waals surface area contributed by atoms with Gasteiger partial charge in [0.2, 0.25) is 15.9 Å². The second-order valence-electron chi connectivity index (χ2n) is 11.4. The summed E-state index contributed by atoms with van der Waals surface area (Å²) in [6.07, 6.45) is 9.54. The molecule has 1 aromatic carbocycles. The van der Waals surface area contributed by atoms with E-state index in [1.54, 1.807) is 23.2 Å². The van der Waals surface area contributed by atoms with Crippen molar-refractivity contribution in [2.45, 2.75) is 57.0 Å². The average Bonchev–Trinajstić information content (AvgIpc) is 3.26. The number of anilines is 1. The van der Waals surface area contributed by atoms with Crippen LogP contribution in [0.5, 0.6) is 0 Å². The van der Waals surface area contributed by atoms with E-state index in [0.29, 0.717) is 45.8 Å². The number of hydrogen-bond acceptors (Lipinski definition) is 6. The van der Waals surface area contributed by atoms with Crippen LogP contribution in [0.2, 0.25) is 0 Å². The first-order valence-corrected chi connectivity index (χ1v) is 14.8. The molecule has 1 aromatic heterocycles. The summed E-state index contributed by atoms with van der Waals surface area (Å²) < 4.78 is 31.6. The number of amides is 2. The molecule has 0 spiro atoms. The van der Waals surface area contributed by atoms with Crippen molar-refractivity contribution in [1.29, 1.82) is 0 Å². The average molecular weight is 541 g/mol. The highest BCUT2D eigenvalue weighted by atomic mass is 32.2. The fourth-order valence-electron chi connectivity index (χ4n) is 5.40. The molecule has 0 bridgehead atoms. The number of carbonyl (C=O) groups excluding carboxylic acids is 2. The molecule has 5 rings (SSSR count). The van der Waals surface area contributed by atoms with E-state index >= 15 is 0 Å². The molecular formula is C27H36N6O4S. The molecule has 3 fully saturated rings. The van der Waals surface area contributed by atoms with Crippen molar-refractivity contribution in [2.24, 2.45) is 11.8 Å². The van der Waals surface area contributed by atoms with Gasteiger partial charge in [-0.15, -0.1) is 6.42 Å². The van der Waals surface area contributed by atoms with E-state index in [1.165, 1.54) is 0 Å². The molecule has 1 aliphatic carbocycles. The van der Waals surface area contributed by atoms with Crippen LogP contribution >= 0.6 is 0 Å². The second kappa shape index (κ2) is 9.89. The van der Waals surface area contributed by atoms with Crippen LogP contribution in [0.25, 0.3) is 10.9 Å². The number of nitrogens with zero attached hydrogens (tertiary/aromatic N) is 5. The van der Waals surface area contributed by atoms with Gasteiger partial charge in [-0.3, -0.25) is 14.3 Å². The van der Waals surface area contributed by atoms with Gasteiger partial charge in [0.05, 0.1) is 16.6 Å². The van der Waals surface area contributed by atoms with Crippen molar-refractivity contribution >= 4 is 38.4 Å². The molecule has 1 N–H and O–H groups in total. The Kier molecular flexibility index (Phi) is 6.90. The zero-order valence-corrected chi connectivity index (χ0v) is 23.1. The predicted molar refractivity (Wildman–Crippen MR) is 145 cm³/mol. The molecular weight excluding hydrogens is 504 g/mol. The van der Waals surface area contributed by atoms with Crippen LogP contribution in [0.15, 0.2) is 23.2 Å². The summed E-state index contributed by atoms with van der Waals surface area (Å²) in [5.41, 5.74) is 1.15. The number of benzene rings is 1. The van der Waals surface area contributed by atoms with Gasteiger partial charge in [-0.25, -0.2) is 13.1 Å². The van der Waals surface area contributed by atoms with Crippen LogP contribution in [-0.2, 0) is 26.2 Å². The second-order valence-corrected chi connectivity index (χ2v) is 13.1. The predicted octanol–water partition coefficient (Wildman–Crippen LogP) is 1.65. The molecule has 2 aliphatic heterocycles. The highest BCUT2D eigenvalue weighted by molar-refractivity contribution is 7.89. The number of terminal acetylenes is 1. The van der Waals surface area contributed by atoms with Crippen LogP contribution in [0.3, 0.4) is 0 Å². The Bertz CT molecular complexity index is 1400. The van der Waals surface area contributed by atoms with Gasteiger partial charge in [0.15, 0.2) is 0 Å². The minimum Gasteiger partial charge on any atom is -0.367 e. The summed E-state index contributed by atoms with van der Waals surface area (Å²) in [6, 6.07) is 3.45. The third-order valence-corrected chi connectivity index (χ3v) is 9.58. The van der Waals surface area contributed by atoms with E-state index in [2.05, 4.69) is 20.6 Å². The van der Waals surface area contributed by atoms with Crippen molar-refractivity contribution in [3.05, 3.63) is 18.3 Å². The first kappa shape index (κ1) is 26.5. The van der Waals surface area contributed by atoms with Crippen molar-refractivity contribution in [3.63, 3.8) is 0 Å². The van der Waals surface area contributed by atoms with E-state index in [4.69, 9.17) is 6.42 Å². The van der Waals surface area contributed by atoms with Crippen LogP contribution in [-0.4, -0.2) is 84.6 Å². The molecule has 38 heavy (non-hydrogen) atoms. The maximum atomic E-state index is 13.4. The molecule has 1 saturated carbocycles. The van der Waals surface area contributed by atoms with E-state index in [9.17, 15) is 18.0 Å². The van der Waals surface area contributed by atoms with E-state index in [1.807, 2.05) is 30.4 Å². The molecule has 3 aliphatic rings. The van der Waals surface area contributed by atoms with Crippen molar-refractivity contribution in [1.82, 2.24) is 24.3 Å². The number of carbonyl (C=O) groups is 2. The third-order valence-electron chi connectivity index (χ3n) is 7.96. The Morgan fingerprint density at radius 3 is 2.50 bits per heavy atom. The molecule has 11 heteroatoms. The molecule has 2 amide bonds. The summed E-state index contributed by atoms with van der Waals surface area (Å²) in [5.74, 6) is 2.13. The number of sulfonamides is 1. The number of rotatable bonds is 7. The number of likely N-dealkylation sites (tertiary alicyclic amines) is 1. The SMILES string of the molecule is C#CC(=O)N1CCC(Cn2ncc3c(N4CCN(C(=O)C(C)C)CC4)cc(S(=O)(=O)NC4(C)CC4)cc32)C1. The standard InChI is InChI=1S/C27H36N6O4S/c1-5-25(34)32-9-6-20(17-32)18-33-24-15-21(38(36,37)29-27(4)7-8-27)14-23(22(24)16-28-33)30-10-12-31(13-11-30)26(35)19(2)3/h1,14-16,19-20,29H,6-13,17-18H2,2-4H3. The summed E-state index contributed by atoms with van der Waals surface area (Å²) in [4.78, 5) is 30.4. The minimum atomic E-state index is -3.75. The number of fused-ring (bicyclic) bond motifs is 1. The van der Waals surface area contributed by atoms with Crippen LogP contribution in [0.1, 0.15) is 40.0 Å². The first-order valence-electron chi connectivity index (χ1n) is 13.3. The summed E-state index contributed by atoms with van der Waals surface area (Å²) >= 11 is 0. The van der Waals surface area contributed by atoms with E-state index < -0.39 is 15.6 Å². The molecule has 0 radical (unpaired) electrons. The number of piperazine rings is 1. The van der Waals surface area contributed by atoms with Gasteiger partial charge >= 0.3 is 0 Å². The van der Waals surface area contributed by atoms with E-state index in [-0.39, 0.29) is 28.5 Å². The third kappa shape index (κ3) is 5.24.